The van der Waals surface area contributed by atoms with Crippen molar-refractivity contribution in [1.29, 1.82) is 0 Å². The summed E-state index contributed by atoms with van der Waals surface area (Å²) < 4.78 is 15.2. The van der Waals surface area contributed by atoms with E-state index in [9.17, 15) is 4.79 Å². The summed E-state index contributed by atoms with van der Waals surface area (Å²) in [4.78, 5) is 29.0. The molecule has 1 unspecified atom stereocenters. The molecule has 1 spiro atoms. The van der Waals surface area contributed by atoms with Crippen molar-refractivity contribution in [1.82, 2.24) is 29.5 Å². The van der Waals surface area contributed by atoms with Gasteiger partial charge in [0.2, 0.25) is 0 Å². The molecule has 2 atom stereocenters. The highest BCUT2D eigenvalue weighted by molar-refractivity contribution is 5.92. The number of benzene rings is 1. The SMILES string of the molecule is CN(C)C(=O)c1cc2n(n1)CCCN(c1nc(OC[C@@H]3CCCN3C)nc3c1COC1(CCCc4ccccc41)C3)C2. The van der Waals surface area contributed by atoms with Gasteiger partial charge in [0.1, 0.15) is 12.4 Å². The first-order chi connectivity index (χ1) is 20.4. The normalized spacial score (nSPS) is 23.7. The molecule has 2 aromatic heterocycles. The van der Waals surface area contributed by atoms with Crippen LogP contribution in [0.2, 0.25) is 0 Å². The largest absolute Gasteiger partial charge is 0.462 e. The van der Waals surface area contributed by atoms with Crippen LogP contribution in [-0.4, -0.2) is 82.3 Å². The monoisotopic (exact) mass is 571 g/mol. The summed E-state index contributed by atoms with van der Waals surface area (Å²) in [7, 11) is 5.68. The lowest BCUT2D eigenvalue weighted by Gasteiger charge is -2.42. The van der Waals surface area contributed by atoms with E-state index in [1.54, 1.807) is 19.0 Å². The number of aromatic nitrogens is 4. The van der Waals surface area contributed by atoms with Gasteiger partial charge in [0.15, 0.2) is 5.69 Å². The first-order valence-electron chi connectivity index (χ1n) is 15.4. The van der Waals surface area contributed by atoms with Gasteiger partial charge in [-0.3, -0.25) is 9.48 Å². The molecule has 0 saturated carbocycles. The summed E-state index contributed by atoms with van der Waals surface area (Å²) in [5, 5.41) is 4.64. The molecule has 0 radical (unpaired) electrons. The number of hydrogen-bond donors (Lipinski definition) is 0. The van der Waals surface area contributed by atoms with E-state index in [4.69, 9.17) is 19.4 Å². The number of fused-ring (bicyclic) bond motifs is 4. The molecule has 1 fully saturated rings. The van der Waals surface area contributed by atoms with Gasteiger partial charge >= 0.3 is 6.01 Å². The van der Waals surface area contributed by atoms with Gasteiger partial charge in [-0.25, -0.2) is 0 Å². The van der Waals surface area contributed by atoms with Crippen molar-refractivity contribution in [3.63, 3.8) is 0 Å². The fourth-order valence-electron chi connectivity index (χ4n) is 7.20. The summed E-state index contributed by atoms with van der Waals surface area (Å²) in [6.07, 6.45) is 7.10. The minimum absolute atomic E-state index is 0.0828. The Labute approximate surface area is 247 Å². The minimum Gasteiger partial charge on any atom is -0.462 e. The number of ether oxygens (including phenoxy) is 2. The van der Waals surface area contributed by atoms with Crippen LogP contribution < -0.4 is 9.64 Å². The van der Waals surface area contributed by atoms with Gasteiger partial charge in [-0.15, -0.1) is 0 Å². The second-order valence-electron chi connectivity index (χ2n) is 12.5. The summed E-state index contributed by atoms with van der Waals surface area (Å²) in [5.74, 6) is 0.796. The van der Waals surface area contributed by atoms with Crippen molar-refractivity contribution in [3.05, 3.63) is 64.1 Å². The van der Waals surface area contributed by atoms with Gasteiger partial charge < -0.3 is 24.2 Å². The molecule has 5 heterocycles. The number of carbonyl (C=O) groups excluding carboxylic acids is 1. The Morgan fingerprint density at radius 2 is 2.02 bits per heavy atom. The van der Waals surface area contributed by atoms with E-state index in [1.807, 2.05) is 10.7 Å². The number of amides is 1. The van der Waals surface area contributed by atoms with E-state index >= 15 is 0 Å². The van der Waals surface area contributed by atoms with E-state index < -0.39 is 0 Å². The first-order valence-corrected chi connectivity index (χ1v) is 15.4. The molecule has 1 aromatic carbocycles. The highest BCUT2D eigenvalue weighted by Crippen LogP contribution is 2.46. The summed E-state index contributed by atoms with van der Waals surface area (Å²) in [6.45, 7) is 4.34. The van der Waals surface area contributed by atoms with Crippen LogP contribution in [0, 0.1) is 0 Å². The highest BCUT2D eigenvalue weighted by Gasteiger charge is 2.43. The van der Waals surface area contributed by atoms with E-state index in [0.29, 0.717) is 43.9 Å². The van der Waals surface area contributed by atoms with E-state index in [1.165, 1.54) is 17.5 Å². The van der Waals surface area contributed by atoms with Gasteiger partial charge in [-0.1, -0.05) is 24.3 Å². The van der Waals surface area contributed by atoms with E-state index in [0.717, 1.165) is 74.5 Å². The molecule has 3 aliphatic heterocycles. The zero-order valence-electron chi connectivity index (χ0n) is 25.0. The summed E-state index contributed by atoms with van der Waals surface area (Å²) in [6, 6.07) is 11.5. The van der Waals surface area contributed by atoms with Crippen molar-refractivity contribution < 1.29 is 14.3 Å². The number of aryl methyl sites for hydroxylation is 2. The standard InChI is InChI=1S/C32H41N7O3/c1-36(2)30(40)27-17-24-19-38(15-8-16-39(24)35-27)29-25-21-42-32(13-6-10-22-9-4-5-12-26(22)32)18-28(25)33-31(34-29)41-20-23-11-7-14-37(23)3/h4-5,9,12,17,23H,6-8,10-11,13-16,18-21H2,1-3H3/t23-,32?/m0/s1. The van der Waals surface area contributed by atoms with Gasteiger partial charge in [-0.2, -0.15) is 15.1 Å². The molecule has 1 aliphatic carbocycles. The third-order valence-electron chi connectivity index (χ3n) is 9.55. The average Bonchev–Trinajstić information content (AvgIpc) is 3.54. The molecule has 4 aliphatic rings. The maximum Gasteiger partial charge on any atom is 0.318 e. The Balaban J connectivity index is 1.24. The van der Waals surface area contributed by atoms with Crippen molar-refractivity contribution in [3.8, 4) is 6.01 Å². The predicted octanol–water partition coefficient (Wildman–Crippen LogP) is 3.56. The number of carbonyl (C=O) groups is 1. The first kappa shape index (κ1) is 27.3. The zero-order valence-corrected chi connectivity index (χ0v) is 25.0. The fourth-order valence-corrected chi connectivity index (χ4v) is 7.20. The maximum atomic E-state index is 12.7. The molecule has 10 nitrogen and oxygen atoms in total. The molecule has 3 aromatic rings. The van der Waals surface area contributed by atoms with Crippen LogP contribution in [0.1, 0.15) is 70.7 Å². The smallest absolute Gasteiger partial charge is 0.318 e. The van der Waals surface area contributed by atoms with Crippen molar-refractivity contribution in [2.24, 2.45) is 0 Å². The Morgan fingerprint density at radius 3 is 2.86 bits per heavy atom. The Kier molecular flexibility index (Phi) is 7.14. The van der Waals surface area contributed by atoms with Crippen LogP contribution in [0.3, 0.4) is 0 Å². The quantitative estimate of drug-likeness (QED) is 0.460. The fraction of sp³-hybridized carbons (Fsp3) is 0.562. The Hall–Kier alpha value is -3.50. The molecule has 42 heavy (non-hydrogen) atoms. The third kappa shape index (κ3) is 4.94. The molecule has 10 heteroatoms. The summed E-state index contributed by atoms with van der Waals surface area (Å²) >= 11 is 0. The van der Waals surface area contributed by atoms with E-state index in [-0.39, 0.29) is 11.5 Å². The predicted molar refractivity (Wildman–Crippen MR) is 159 cm³/mol. The Bertz CT molecular complexity index is 1490. The van der Waals surface area contributed by atoms with Crippen molar-refractivity contribution >= 4 is 11.7 Å². The van der Waals surface area contributed by atoms with Crippen LogP contribution in [0.5, 0.6) is 6.01 Å². The molecule has 222 valence electrons. The highest BCUT2D eigenvalue weighted by atomic mass is 16.5. The van der Waals surface area contributed by atoms with Gasteiger partial charge in [-0.05, 0) is 69.3 Å². The molecule has 1 amide bonds. The van der Waals surface area contributed by atoms with Crippen LogP contribution in [0.4, 0.5) is 5.82 Å². The van der Waals surface area contributed by atoms with Crippen LogP contribution in [0.25, 0.3) is 0 Å². The van der Waals surface area contributed by atoms with E-state index in [2.05, 4.69) is 46.2 Å². The molecule has 1 saturated heterocycles. The zero-order chi connectivity index (χ0) is 28.8. The van der Waals surface area contributed by atoms with Crippen LogP contribution in [-0.2, 0) is 42.9 Å². The second kappa shape index (κ2) is 11.0. The molecule has 0 bridgehead atoms. The number of anilines is 1. The topological polar surface area (TPSA) is 88.9 Å². The van der Waals surface area contributed by atoms with Crippen molar-refractivity contribution in [2.75, 3.05) is 45.7 Å². The molecule has 7 rings (SSSR count). The molecule has 0 N–H and O–H groups in total. The van der Waals surface area contributed by atoms with Gasteiger partial charge in [0.05, 0.1) is 30.1 Å². The maximum absolute atomic E-state index is 12.7. The second-order valence-corrected chi connectivity index (χ2v) is 12.5. The lowest BCUT2D eigenvalue weighted by atomic mass is 9.75. The number of nitrogens with zero attached hydrogens (tertiary/aromatic N) is 7. The molecular weight excluding hydrogens is 530 g/mol. The number of likely N-dealkylation sites (N-methyl/N-ethyl adjacent to an activating group) is 1. The lowest BCUT2D eigenvalue weighted by Crippen LogP contribution is -2.40. The van der Waals surface area contributed by atoms with Gasteiger partial charge in [0, 0.05) is 45.2 Å². The minimum atomic E-state index is -0.366. The number of hydrogen-bond acceptors (Lipinski definition) is 8. The average molecular weight is 572 g/mol. The lowest BCUT2D eigenvalue weighted by molar-refractivity contribution is -0.0855. The Morgan fingerprint density at radius 1 is 1.14 bits per heavy atom. The summed E-state index contributed by atoms with van der Waals surface area (Å²) in [5.41, 5.74) is 5.88. The third-order valence-corrected chi connectivity index (χ3v) is 9.55. The van der Waals surface area contributed by atoms with Crippen LogP contribution >= 0.6 is 0 Å². The number of rotatable bonds is 5. The number of likely N-dealkylation sites (tertiary alicyclic amines) is 1. The van der Waals surface area contributed by atoms with Crippen LogP contribution in [0.15, 0.2) is 30.3 Å². The van der Waals surface area contributed by atoms with Crippen molar-refractivity contribution in [2.45, 2.75) is 76.3 Å². The molecular formula is C32H41N7O3. The van der Waals surface area contributed by atoms with Gasteiger partial charge in [0.25, 0.3) is 5.91 Å².